The molecule has 1 rings (SSSR count). The van der Waals surface area contributed by atoms with Gasteiger partial charge in [0.05, 0.1) is 12.0 Å². The van der Waals surface area contributed by atoms with Gasteiger partial charge in [-0.15, -0.1) is 0 Å². The minimum atomic E-state index is 0.622. The minimum Gasteiger partial charge on any atom is -0.247 e. The summed E-state index contributed by atoms with van der Waals surface area (Å²) in [5.41, 5.74) is 0. The summed E-state index contributed by atoms with van der Waals surface area (Å²) in [6.07, 6.45) is 31.2. The number of unbranched alkanes of at least 4 members (excludes halogenated alkanes) is 15. The van der Waals surface area contributed by atoms with E-state index in [9.17, 15) is 0 Å². The van der Waals surface area contributed by atoms with Crippen molar-refractivity contribution in [1.29, 1.82) is 0 Å². The van der Waals surface area contributed by atoms with Crippen molar-refractivity contribution in [3.8, 4) is 0 Å². The van der Waals surface area contributed by atoms with Crippen molar-refractivity contribution in [1.82, 2.24) is 4.98 Å². The first-order chi connectivity index (χ1) is 14.7. The standard InChI is InChI=1S/C28H54N2/c1-5-7-9-10-11-12-13-14-15-16-17-18-19-21-22-26(3)28-29-24-25-30(28)27(4)23-20-8-6-2/h24-27H,5-23H2,1-4H3/p+1. The summed E-state index contributed by atoms with van der Waals surface area (Å²) in [6.45, 7) is 9.38. The van der Waals surface area contributed by atoms with Crippen LogP contribution in [0.25, 0.3) is 0 Å². The van der Waals surface area contributed by atoms with E-state index in [1.807, 2.05) is 0 Å². The number of aromatic amines is 1. The van der Waals surface area contributed by atoms with Gasteiger partial charge < -0.3 is 0 Å². The van der Waals surface area contributed by atoms with Crippen molar-refractivity contribution in [2.24, 2.45) is 0 Å². The lowest BCUT2D eigenvalue weighted by atomic mass is 10.00. The number of hydrogen-bond acceptors (Lipinski definition) is 0. The molecule has 0 saturated heterocycles. The third-order valence-electron chi connectivity index (χ3n) is 6.90. The van der Waals surface area contributed by atoms with Gasteiger partial charge in [-0.25, -0.2) is 9.55 Å². The van der Waals surface area contributed by atoms with Crippen molar-refractivity contribution in [2.45, 2.75) is 162 Å². The fourth-order valence-corrected chi connectivity index (χ4v) is 4.75. The van der Waals surface area contributed by atoms with Crippen LogP contribution in [0.4, 0.5) is 0 Å². The molecule has 2 atom stereocenters. The van der Waals surface area contributed by atoms with Crippen molar-refractivity contribution < 1.29 is 4.57 Å². The summed E-state index contributed by atoms with van der Waals surface area (Å²) in [6, 6.07) is 0.622. The van der Waals surface area contributed by atoms with Crippen LogP contribution in [-0.2, 0) is 0 Å². The number of nitrogens with one attached hydrogen (secondary N) is 1. The van der Waals surface area contributed by atoms with Gasteiger partial charge in [-0.1, -0.05) is 124 Å². The van der Waals surface area contributed by atoms with Gasteiger partial charge in [0.15, 0.2) is 0 Å². The Labute approximate surface area is 189 Å². The molecule has 30 heavy (non-hydrogen) atoms. The average molecular weight is 420 g/mol. The first kappa shape index (κ1) is 27.2. The lowest BCUT2D eigenvalue weighted by molar-refractivity contribution is -0.727. The molecule has 1 aromatic heterocycles. The van der Waals surface area contributed by atoms with Gasteiger partial charge in [-0.3, -0.25) is 0 Å². The number of rotatable bonds is 21. The van der Waals surface area contributed by atoms with Crippen molar-refractivity contribution in [3.63, 3.8) is 0 Å². The van der Waals surface area contributed by atoms with Crippen LogP contribution in [0, 0.1) is 0 Å². The van der Waals surface area contributed by atoms with Gasteiger partial charge in [0.2, 0.25) is 0 Å². The molecule has 0 amide bonds. The zero-order chi connectivity index (χ0) is 21.9. The zero-order valence-corrected chi connectivity index (χ0v) is 21.2. The van der Waals surface area contributed by atoms with Crippen LogP contribution in [0.5, 0.6) is 0 Å². The molecule has 176 valence electrons. The largest absolute Gasteiger partial charge is 0.257 e. The maximum Gasteiger partial charge on any atom is 0.257 e. The highest BCUT2D eigenvalue weighted by Gasteiger charge is 2.21. The number of imidazole rings is 1. The van der Waals surface area contributed by atoms with E-state index in [-0.39, 0.29) is 0 Å². The quantitative estimate of drug-likeness (QED) is 0.151. The third-order valence-corrected chi connectivity index (χ3v) is 6.90. The first-order valence-corrected chi connectivity index (χ1v) is 13.8. The summed E-state index contributed by atoms with van der Waals surface area (Å²) in [7, 11) is 0. The second-order valence-corrected chi connectivity index (χ2v) is 9.88. The molecule has 0 saturated carbocycles. The Hall–Kier alpha value is -0.790. The van der Waals surface area contributed by atoms with Gasteiger partial charge >= 0.3 is 0 Å². The zero-order valence-electron chi connectivity index (χ0n) is 21.2. The SMILES string of the molecule is CCCCCCCCCCCCCCCCC(C)c1[nH]cc[n+]1C(C)CCCCC. The van der Waals surface area contributed by atoms with Crippen LogP contribution in [0.2, 0.25) is 0 Å². The molecule has 2 unspecified atom stereocenters. The van der Waals surface area contributed by atoms with E-state index in [0.717, 1.165) is 0 Å². The highest BCUT2D eigenvalue weighted by Crippen LogP contribution is 2.21. The molecular formula is C28H55N2+. The molecule has 0 aliphatic carbocycles. The highest BCUT2D eigenvalue weighted by atomic mass is 15.1. The van der Waals surface area contributed by atoms with Crippen LogP contribution in [0.3, 0.4) is 0 Å². The Bertz CT molecular complexity index is 479. The molecule has 1 N–H and O–H groups in total. The first-order valence-electron chi connectivity index (χ1n) is 13.8. The van der Waals surface area contributed by atoms with Crippen LogP contribution in [0.1, 0.15) is 167 Å². The molecule has 1 heterocycles. The topological polar surface area (TPSA) is 19.7 Å². The molecule has 0 bridgehead atoms. The minimum absolute atomic E-state index is 0.622. The van der Waals surface area contributed by atoms with E-state index in [1.54, 1.807) is 0 Å². The van der Waals surface area contributed by atoms with Crippen LogP contribution in [0.15, 0.2) is 12.4 Å². The van der Waals surface area contributed by atoms with E-state index in [1.165, 1.54) is 128 Å². The summed E-state index contributed by atoms with van der Waals surface area (Å²) in [5, 5.41) is 0. The summed E-state index contributed by atoms with van der Waals surface area (Å²) >= 11 is 0. The fourth-order valence-electron chi connectivity index (χ4n) is 4.75. The Morgan fingerprint density at radius 3 is 1.60 bits per heavy atom. The van der Waals surface area contributed by atoms with Gasteiger partial charge in [0.25, 0.3) is 5.82 Å². The number of hydrogen-bond donors (Lipinski definition) is 1. The van der Waals surface area contributed by atoms with E-state index in [4.69, 9.17) is 0 Å². The smallest absolute Gasteiger partial charge is 0.247 e. The molecule has 0 aliphatic rings. The Morgan fingerprint density at radius 2 is 1.07 bits per heavy atom. The predicted octanol–water partition coefficient (Wildman–Crippen LogP) is 9.42. The van der Waals surface area contributed by atoms with E-state index in [2.05, 4.69) is 49.6 Å². The molecule has 0 fully saturated rings. The molecule has 2 nitrogen and oxygen atoms in total. The Kier molecular flexibility index (Phi) is 17.2. The number of H-pyrrole nitrogens is 1. The molecule has 0 spiro atoms. The van der Waals surface area contributed by atoms with Crippen molar-refractivity contribution in [2.75, 3.05) is 0 Å². The Balaban J connectivity index is 2.01. The maximum atomic E-state index is 3.54. The normalized spacial score (nSPS) is 13.6. The molecule has 1 aromatic rings. The van der Waals surface area contributed by atoms with Crippen LogP contribution < -0.4 is 4.57 Å². The molecule has 2 heteroatoms. The van der Waals surface area contributed by atoms with Gasteiger partial charge in [-0.05, 0) is 26.2 Å². The monoisotopic (exact) mass is 419 g/mol. The predicted molar refractivity (Wildman–Crippen MR) is 133 cm³/mol. The second-order valence-electron chi connectivity index (χ2n) is 9.88. The molecule has 0 radical (unpaired) electrons. The summed E-state index contributed by atoms with van der Waals surface area (Å²) < 4.78 is 2.50. The van der Waals surface area contributed by atoms with Crippen molar-refractivity contribution >= 4 is 0 Å². The fraction of sp³-hybridized carbons (Fsp3) is 0.893. The number of aromatic nitrogens is 2. The van der Waals surface area contributed by atoms with Gasteiger partial charge in [-0.2, -0.15) is 0 Å². The summed E-state index contributed by atoms with van der Waals surface area (Å²) in [5.74, 6) is 2.08. The number of nitrogens with zero attached hydrogens (tertiary/aromatic N) is 1. The third kappa shape index (κ3) is 12.8. The van der Waals surface area contributed by atoms with Gasteiger partial charge in [0.1, 0.15) is 12.4 Å². The lowest BCUT2D eigenvalue weighted by Crippen LogP contribution is -2.40. The molecule has 0 aliphatic heterocycles. The Morgan fingerprint density at radius 1 is 0.633 bits per heavy atom. The highest BCUT2D eigenvalue weighted by molar-refractivity contribution is 4.87. The van der Waals surface area contributed by atoms with Gasteiger partial charge in [0, 0.05) is 0 Å². The van der Waals surface area contributed by atoms with Crippen LogP contribution >= 0.6 is 0 Å². The lowest BCUT2D eigenvalue weighted by Gasteiger charge is -2.14. The molecular weight excluding hydrogens is 364 g/mol. The molecule has 0 aromatic carbocycles. The van der Waals surface area contributed by atoms with Crippen LogP contribution in [-0.4, -0.2) is 4.98 Å². The second kappa shape index (κ2) is 18.9. The average Bonchev–Trinajstić information content (AvgIpc) is 3.24. The van der Waals surface area contributed by atoms with E-state index >= 15 is 0 Å². The van der Waals surface area contributed by atoms with Crippen molar-refractivity contribution in [3.05, 3.63) is 18.2 Å². The van der Waals surface area contributed by atoms with E-state index in [0.29, 0.717) is 12.0 Å². The maximum absolute atomic E-state index is 3.54. The summed E-state index contributed by atoms with van der Waals surface area (Å²) in [4.78, 5) is 3.54. The van der Waals surface area contributed by atoms with E-state index < -0.39 is 0 Å².